The van der Waals surface area contributed by atoms with Crippen LogP contribution < -0.4 is 10.1 Å². The molecule has 0 bridgehead atoms. The van der Waals surface area contributed by atoms with Gasteiger partial charge in [0.1, 0.15) is 17.3 Å². The number of rotatable bonds is 7. The molecule has 0 unspecified atom stereocenters. The molecule has 0 saturated heterocycles. The maximum absolute atomic E-state index is 14.0. The maximum atomic E-state index is 14.0. The fourth-order valence-corrected chi connectivity index (χ4v) is 4.23. The van der Waals surface area contributed by atoms with Gasteiger partial charge in [-0.2, -0.15) is 5.10 Å². The molecule has 0 saturated carbocycles. The van der Waals surface area contributed by atoms with Gasteiger partial charge in [-0.05, 0) is 48.0 Å². The summed E-state index contributed by atoms with van der Waals surface area (Å²) in [6.45, 7) is 1.44. The minimum absolute atomic E-state index is 0.0685. The van der Waals surface area contributed by atoms with Crippen LogP contribution in [0.3, 0.4) is 0 Å². The lowest BCUT2D eigenvalue weighted by Gasteiger charge is -2.11. The summed E-state index contributed by atoms with van der Waals surface area (Å²) in [6.07, 6.45) is -4.56. The fourth-order valence-electron chi connectivity index (χ4n) is 3.31. The molecule has 4 aromatic rings. The molecular formula is C23H17F4N3O3S. The van der Waals surface area contributed by atoms with Gasteiger partial charge in [0.2, 0.25) is 0 Å². The van der Waals surface area contributed by atoms with E-state index in [9.17, 15) is 27.2 Å². The Kier molecular flexibility index (Phi) is 6.38. The van der Waals surface area contributed by atoms with E-state index in [4.69, 9.17) is 0 Å². The average Bonchev–Trinajstić information content (AvgIpc) is 3.45. The van der Waals surface area contributed by atoms with Crippen molar-refractivity contribution in [2.24, 2.45) is 0 Å². The molecule has 0 atom stereocenters. The number of benzene rings is 2. The molecule has 0 aliphatic carbocycles. The summed E-state index contributed by atoms with van der Waals surface area (Å²) >= 11 is 1.19. The third-order valence-corrected chi connectivity index (χ3v) is 6.09. The summed E-state index contributed by atoms with van der Waals surface area (Å²) in [5, 5.41) is 10.1. The number of aromatic amines is 1. The highest BCUT2D eigenvalue weighted by Gasteiger charge is 2.31. The molecule has 2 aromatic heterocycles. The molecular weight excluding hydrogens is 474 g/mol. The number of carbonyl (C=O) groups excluding carboxylic acids is 2. The number of aromatic nitrogens is 2. The molecule has 6 nitrogen and oxygen atoms in total. The van der Waals surface area contributed by atoms with E-state index >= 15 is 0 Å². The van der Waals surface area contributed by atoms with Crippen LogP contribution in [0.5, 0.6) is 5.75 Å². The molecule has 11 heteroatoms. The van der Waals surface area contributed by atoms with Gasteiger partial charge < -0.3 is 10.1 Å². The Labute approximate surface area is 194 Å². The fraction of sp³-hybridized carbons (Fsp3) is 0.174. The van der Waals surface area contributed by atoms with Crippen LogP contribution in [0.1, 0.15) is 39.1 Å². The zero-order valence-corrected chi connectivity index (χ0v) is 18.4. The van der Waals surface area contributed by atoms with Gasteiger partial charge in [-0.1, -0.05) is 13.0 Å². The Morgan fingerprint density at radius 1 is 1.12 bits per heavy atom. The molecule has 2 N–H and O–H groups in total. The zero-order valence-electron chi connectivity index (χ0n) is 17.6. The summed E-state index contributed by atoms with van der Waals surface area (Å²) in [6, 6.07) is 11.4. The molecule has 2 aromatic carbocycles. The van der Waals surface area contributed by atoms with Crippen LogP contribution in [-0.2, 0) is 6.54 Å². The molecule has 1 amide bonds. The maximum Gasteiger partial charge on any atom is 0.573 e. The number of carbonyl (C=O) groups is 2. The van der Waals surface area contributed by atoms with Crippen LogP contribution in [0.4, 0.5) is 17.6 Å². The second-order valence-electron chi connectivity index (χ2n) is 7.26. The molecule has 0 spiro atoms. The first-order valence-electron chi connectivity index (χ1n) is 10.1. The average molecular weight is 491 g/mol. The second-order valence-corrected chi connectivity index (χ2v) is 8.34. The third kappa shape index (κ3) is 5.09. The number of fused-ring (bicyclic) bond motifs is 1. The van der Waals surface area contributed by atoms with E-state index in [2.05, 4.69) is 20.3 Å². The molecule has 0 radical (unpaired) electrons. The topological polar surface area (TPSA) is 84.1 Å². The monoisotopic (exact) mass is 491 g/mol. The number of thiophene rings is 1. The molecule has 4 rings (SSSR count). The lowest BCUT2D eigenvalue weighted by molar-refractivity contribution is -0.274. The van der Waals surface area contributed by atoms with E-state index < -0.39 is 23.8 Å². The van der Waals surface area contributed by atoms with Gasteiger partial charge >= 0.3 is 6.36 Å². The molecule has 0 aliphatic heterocycles. The predicted molar refractivity (Wildman–Crippen MR) is 118 cm³/mol. The van der Waals surface area contributed by atoms with Crippen molar-refractivity contribution in [2.75, 3.05) is 0 Å². The Balaban J connectivity index is 1.47. The van der Waals surface area contributed by atoms with Crippen molar-refractivity contribution < 1.29 is 31.9 Å². The number of H-pyrrole nitrogens is 1. The summed E-state index contributed by atoms with van der Waals surface area (Å²) in [5.41, 5.74) is 1.73. The van der Waals surface area contributed by atoms with Crippen LogP contribution in [0.2, 0.25) is 0 Å². The van der Waals surface area contributed by atoms with Crippen molar-refractivity contribution in [3.63, 3.8) is 0 Å². The largest absolute Gasteiger partial charge is 0.573 e. The zero-order chi connectivity index (χ0) is 24.5. The number of nitrogens with zero attached hydrogens (tertiary/aromatic N) is 1. The number of ether oxygens (including phenoxy) is 1. The van der Waals surface area contributed by atoms with Gasteiger partial charge in [0.15, 0.2) is 5.78 Å². The van der Waals surface area contributed by atoms with Gasteiger partial charge in [-0.25, -0.2) is 4.39 Å². The molecule has 34 heavy (non-hydrogen) atoms. The van der Waals surface area contributed by atoms with Crippen LogP contribution in [0, 0.1) is 5.82 Å². The van der Waals surface area contributed by atoms with E-state index in [0.29, 0.717) is 27.9 Å². The summed E-state index contributed by atoms with van der Waals surface area (Å²) in [4.78, 5) is 25.6. The van der Waals surface area contributed by atoms with Gasteiger partial charge in [0.05, 0.1) is 10.4 Å². The van der Waals surface area contributed by atoms with Crippen LogP contribution in [0.15, 0.2) is 48.5 Å². The van der Waals surface area contributed by atoms with Crippen LogP contribution in [0.25, 0.3) is 21.3 Å². The Morgan fingerprint density at radius 3 is 2.65 bits per heavy atom. The van der Waals surface area contributed by atoms with Crippen molar-refractivity contribution >= 4 is 33.9 Å². The number of halogens is 4. The summed E-state index contributed by atoms with van der Waals surface area (Å²) in [5.74, 6) is -1.91. The van der Waals surface area contributed by atoms with E-state index in [-0.39, 0.29) is 17.9 Å². The number of alkyl halides is 3. The third-order valence-electron chi connectivity index (χ3n) is 4.95. The van der Waals surface area contributed by atoms with Gasteiger partial charge in [-0.15, -0.1) is 24.5 Å². The van der Waals surface area contributed by atoms with Crippen LogP contribution >= 0.6 is 11.3 Å². The highest BCUT2D eigenvalue weighted by atomic mass is 32.1. The van der Waals surface area contributed by atoms with Crippen molar-refractivity contribution in [1.82, 2.24) is 15.5 Å². The van der Waals surface area contributed by atoms with Gasteiger partial charge in [0, 0.05) is 28.8 Å². The lowest BCUT2D eigenvalue weighted by Crippen LogP contribution is -2.22. The van der Waals surface area contributed by atoms with E-state index in [0.717, 1.165) is 28.6 Å². The minimum atomic E-state index is -4.90. The Hall–Kier alpha value is -3.73. The van der Waals surface area contributed by atoms with Crippen LogP contribution in [-0.4, -0.2) is 28.3 Å². The lowest BCUT2D eigenvalue weighted by atomic mass is 10.1. The number of amides is 1. The highest BCUT2D eigenvalue weighted by molar-refractivity contribution is 7.17. The normalized spacial score (nSPS) is 11.6. The van der Waals surface area contributed by atoms with Gasteiger partial charge in [-0.3, -0.25) is 14.7 Å². The van der Waals surface area contributed by atoms with E-state index in [1.165, 1.54) is 11.3 Å². The molecule has 0 fully saturated rings. The van der Waals surface area contributed by atoms with Crippen molar-refractivity contribution in [3.05, 3.63) is 70.5 Å². The Bertz CT molecular complexity index is 1380. The van der Waals surface area contributed by atoms with E-state index in [1.807, 2.05) is 12.1 Å². The highest BCUT2D eigenvalue weighted by Crippen LogP contribution is 2.31. The predicted octanol–water partition coefficient (Wildman–Crippen LogP) is 5.85. The van der Waals surface area contributed by atoms with Crippen molar-refractivity contribution in [3.8, 4) is 16.2 Å². The first-order chi connectivity index (χ1) is 16.1. The van der Waals surface area contributed by atoms with Gasteiger partial charge in [0.25, 0.3) is 5.91 Å². The quantitative estimate of drug-likeness (QED) is 0.251. The summed E-state index contributed by atoms with van der Waals surface area (Å²) in [7, 11) is 0. The number of hydrogen-bond acceptors (Lipinski definition) is 5. The molecule has 2 heterocycles. The minimum Gasteiger partial charge on any atom is -0.406 e. The van der Waals surface area contributed by atoms with Crippen molar-refractivity contribution in [1.29, 1.82) is 0 Å². The molecule has 176 valence electrons. The first-order valence-corrected chi connectivity index (χ1v) is 10.9. The smallest absolute Gasteiger partial charge is 0.406 e. The summed E-state index contributed by atoms with van der Waals surface area (Å²) < 4.78 is 54.9. The number of Topliss-reactive ketones (excluding diaryl/α,β-unsaturated/α-hetero) is 1. The Morgan fingerprint density at radius 2 is 1.91 bits per heavy atom. The SMILES string of the molecule is CCC(=O)c1n[nH]c2cc(-c3ccc(C(=O)NCc4cc(OC(F)(F)F)ccc4F)s3)ccc12. The second kappa shape index (κ2) is 9.26. The van der Waals surface area contributed by atoms with E-state index in [1.54, 1.807) is 25.1 Å². The standard InChI is InChI=1S/C23H17F4N3O3S/c1-2-18(31)21-15-5-3-12(10-17(15)29-30-21)19-7-8-20(34-19)22(32)28-11-13-9-14(4-6-16(13)24)33-23(25,26)27/h3-10H,2,11H2,1H3,(H,28,32)(H,29,30). The number of hydrogen-bond donors (Lipinski definition) is 2. The van der Waals surface area contributed by atoms with Crippen molar-refractivity contribution in [2.45, 2.75) is 26.3 Å². The number of ketones is 1. The first kappa shape index (κ1) is 23.4. The number of nitrogens with one attached hydrogen (secondary N) is 2. The molecule has 0 aliphatic rings.